The predicted octanol–water partition coefficient (Wildman–Crippen LogP) is 3.81. The number of benzene rings is 1. The Hall–Kier alpha value is -1.09. The Labute approximate surface area is 110 Å². The molecule has 1 aliphatic rings. The van der Waals surface area contributed by atoms with Gasteiger partial charge in [0.1, 0.15) is 5.76 Å². The van der Waals surface area contributed by atoms with E-state index in [0.717, 1.165) is 31.4 Å². The van der Waals surface area contributed by atoms with Crippen molar-refractivity contribution in [2.75, 3.05) is 0 Å². The molecule has 17 heavy (non-hydrogen) atoms. The molecule has 0 spiro atoms. The van der Waals surface area contributed by atoms with E-state index in [1.165, 1.54) is 5.56 Å². The van der Waals surface area contributed by atoms with Gasteiger partial charge in [0.25, 0.3) is 0 Å². The van der Waals surface area contributed by atoms with E-state index in [9.17, 15) is 4.79 Å². The van der Waals surface area contributed by atoms with Crippen LogP contribution < -0.4 is 0 Å². The molecule has 0 aliphatic carbocycles. The summed E-state index contributed by atoms with van der Waals surface area (Å²) in [4.78, 5) is 13.2. The number of hydrogen-bond donors (Lipinski definition) is 0. The van der Waals surface area contributed by atoms with E-state index in [-0.39, 0.29) is 11.9 Å². The number of carbonyl (C=O) groups is 1. The lowest BCUT2D eigenvalue weighted by Crippen LogP contribution is -2.07. The zero-order valence-electron chi connectivity index (χ0n) is 9.56. The maximum absolute atomic E-state index is 11.5. The SMILES string of the molecule is O=C1O/C(=C/Br)C[C@@H]1CCCc1ccccc1. The molecule has 2 rings (SSSR count). The van der Waals surface area contributed by atoms with Gasteiger partial charge in [0, 0.05) is 11.4 Å². The Morgan fingerprint density at radius 2 is 2.12 bits per heavy atom. The van der Waals surface area contributed by atoms with E-state index in [2.05, 4.69) is 28.1 Å². The van der Waals surface area contributed by atoms with Gasteiger partial charge in [-0.2, -0.15) is 0 Å². The highest BCUT2D eigenvalue weighted by molar-refractivity contribution is 9.11. The Balaban J connectivity index is 1.78. The van der Waals surface area contributed by atoms with Crippen molar-refractivity contribution >= 4 is 21.9 Å². The second kappa shape index (κ2) is 6.01. The summed E-state index contributed by atoms with van der Waals surface area (Å²) in [7, 11) is 0. The van der Waals surface area contributed by atoms with Crippen LogP contribution >= 0.6 is 15.9 Å². The van der Waals surface area contributed by atoms with Crippen LogP contribution in [0.15, 0.2) is 41.1 Å². The second-order valence-corrected chi connectivity index (χ2v) is 4.73. The molecule has 2 nitrogen and oxygen atoms in total. The van der Waals surface area contributed by atoms with Crippen LogP contribution in [0.4, 0.5) is 0 Å². The van der Waals surface area contributed by atoms with E-state index in [4.69, 9.17) is 4.74 Å². The molecular weight excluding hydrogens is 280 g/mol. The highest BCUT2D eigenvalue weighted by Crippen LogP contribution is 2.29. The first kappa shape index (κ1) is 12.4. The topological polar surface area (TPSA) is 26.3 Å². The first-order chi connectivity index (χ1) is 8.29. The van der Waals surface area contributed by atoms with Crippen LogP contribution in [0, 0.1) is 5.92 Å². The number of aryl methyl sites for hydroxylation is 1. The Morgan fingerprint density at radius 3 is 2.76 bits per heavy atom. The molecule has 0 amide bonds. The van der Waals surface area contributed by atoms with Crippen molar-refractivity contribution in [1.29, 1.82) is 0 Å². The van der Waals surface area contributed by atoms with Crippen molar-refractivity contribution in [3.05, 3.63) is 46.6 Å². The minimum absolute atomic E-state index is 0.0440. The summed E-state index contributed by atoms with van der Waals surface area (Å²) >= 11 is 3.20. The van der Waals surface area contributed by atoms with Crippen molar-refractivity contribution in [2.45, 2.75) is 25.7 Å². The largest absolute Gasteiger partial charge is 0.430 e. The highest BCUT2D eigenvalue weighted by Gasteiger charge is 2.29. The normalized spacial score (nSPS) is 21.8. The fourth-order valence-corrected chi connectivity index (χ4v) is 2.34. The minimum Gasteiger partial charge on any atom is -0.430 e. The number of rotatable bonds is 4. The average Bonchev–Trinajstić information content (AvgIpc) is 2.72. The van der Waals surface area contributed by atoms with Gasteiger partial charge in [-0.05, 0) is 24.8 Å². The number of halogens is 1. The van der Waals surface area contributed by atoms with E-state index in [1.54, 1.807) is 4.99 Å². The third-order valence-electron chi connectivity index (χ3n) is 3.00. The van der Waals surface area contributed by atoms with E-state index < -0.39 is 0 Å². The van der Waals surface area contributed by atoms with Gasteiger partial charge in [-0.15, -0.1) is 0 Å². The summed E-state index contributed by atoms with van der Waals surface area (Å²) in [6.07, 6.45) is 3.69. The molecule has 1 fully saturated rings. The molecule has 3 heteroatoms. The maximum atomic E-state index is 11.5. The van der Waals surface area contributed by atoms with Crippen LogP contribution in [0.1, 0.15) is 24.8 Å². The predicted molar refractivity (Wildman–Crippen MR) is 70.6 cm³/mol. The molecule has 0 aromatic heterocycles. The Kier molecular flexibility index (Phi) is 4.37. The summed E-state index contributed by atoms with van der Waals surface area (Å²) in [6.45, 7) is 0. The molecule has 1 aromatic carbocycles. The molecule has 1 atom stereocenters. The number of hydrogen-bond acceptors (Lipinski definition) is 2. The third kappa shape index (κ3) is 3.43. The summed E-state index contributed by atoms with van der Waals surface area (Å²) < 4.78 is 5.10. The zero-order valence-corrected chi connectivity index (χ0v) is 11.2. The summed E-state index contributed by atoms with van der Waals surface area (Å²) in [6, 6.07) is 10.4. The standard InChI is InChI=1S/C14H15BrO2/c15-10-13-9-12(14(16)17-13)8-4-7-11-5-2-1-3-6-11/h1-3,5-6,10,12H,4,7-9H2/b13-10+/t12-/m0/s1. The van der Waals surface area contributed by atoms with Crippen LogP contribution in [0.5, 0.6) is 0 Å². The van der Waals surface area contributed by atoms with Gasteiger partial charge in [-0.3, -0.25) is 4.79 Å². The number of esters is 1. The van der Waals surface area contributed by atoms with Crippen molar-refractivity contribution in [3.63, 3.8) is 0 Å². The van der Waals surface area contributed by atoms with Gasteiger partial charge in [-0.1, -0.05) is 46.3 Å². The quantitative estimate of drug-likeness (QED) is 0.790. The van der Waals surface area contributed by atoms with Gasteiger partial charge >= 0.3 is 5.97 Å². The Bertz CT molecular complexity index is 411. The fraction of sp³-hybridized carbons (Fsp3) is 0.357. The van der Waals surface area contributed by atoms with Crippen molar-refractivity contribution < 1.29 is 9.53 Å². The molecule has 90 valence electrons. The van der Waals surface area contributed by atoms with Crippen molar-refractivity contribution in [2.24, 2.45) is 5.92 Å². The number of carbonyl (C=O) groups excluding carboxylic acids is 1. The van der Waals surface area contributed by atoms with Crippen LogP contribution in [0.3, 0.4) is 0 Å². The smallest absolute Gasteiger partial charge is 0.314 e. The molecule has 1 aliphatic heterocycles. The molecular formula is C14H15BrO2. The zero-order chi connectivity index (χ0) is 12.1. The molecule has 0 unspecified atom stereocenters. The highest BCUT2D eigenvalue weighted by atomic mass is 79.9. The second-order valence-electron chi connectivity index (χ2n) is 4.28. The monoisotopic (exact) mass is 294 g/mol. The lowest BCUT2D eigenvalue weighted by Gasteiger charge is -2.04. The first-order valence-corrected chi connectivity index (χ1v) is 6.76. The molecule has 0 saturated carbocycles. The third-order valence-corrected chi connectivity index (χ3v) is 3.51. The minimum atomic E-state index is -0.0799. The van der Waals surface area contributed by atoms with Gasteiger partial charge < -0.3 is 4.74 Å². The fourth-order valence-electron chi connectivity index (χ4n) is 2.06. The Morgan fingerprint density at radius 1 is 1.35 bits per heavy atom. The van der Waals surface area contributed by atoms with Gasteiger partial charge in [0.05, 0.1) is 5.92 Å². The molecule has 0 bridgehead atoms. The van der Waals surface area contributed by atoms with Crippen molar-refractivity contribution in [3.8, 4) is 0 Å². The van der Waals surface area contributed by atoms with E-state index in [1.807, 2.05) is 18.2 Å². The number of cyclic esters (lactones) is 1. The molecule has 0 radical (unpaired) electrons. The van der Waals surface area contributed by atoms with E-state index in [0.29, 0.717) is 0 Å². The number of allylic oxidation sites excluding steroid dienone is 1. The lowest BCUT2D eigenvalue weighted by atomic mass is 9.98. The average molecular weight is 295 g/mol. The van der Waals surface area contributed by atoms with E-state index >= 15 is 0 Å². The summed E-state index contributed by atoms with van der Waals surface area (Å²) in [5, 5.41) is 0. The summed E-state index contributed by atoms with van der Waals surface area (Å²) in [5.74, 6) is 0.714. The maximum Gasteiger partial charge on any atom is 0.314 e. The van der Waals surface area contributed by atoms with Crippen LogP contribution in [-0.2, 0) is 16.0 Å². The van der Waals surface area contributed by atoms with Crippen molar-refractivity contribution in [1.82, 2.24) is 0 Å². The van der Waals surface area contributed by atoms with Gasteiger partial charge in [0.15, 0.2) is 0 Å². The van der Waals surface area contributed by atoms with Crippen LogP contribution in [-0.4, -0.2) is 5.97 Å². The van der Waals surface area contributed by atoms with Gasteiger partial charge in [-0.25, -0.2) is 0 Å². The molecule has 1 heterocycles. The molecule has 1 aromatic rings. The summed E-state index contributed by atoms with van der Waals surface area (Å²) in [5.41, 5.74) is 1.33. The van der Waals surface area contributed by atoms with Gasteiger partial charge in [0.2, 0.25) is 0 Å². The molecule has 0 N–H and O–H groups in total. The van der Waals surface area contributed by atoms with Crippen LogP contribution in [0.25, 0.3) is 0 Å². The first-order valence-electron chi connectivity index (χ1n) is 5.84. The van der Waals surface area contributed by atoms with Crippen LogP contribution in [0.2, 0.25) is 0 Å². The number of ether oxygens (including phenoxy) is 1. The molecule has 1 saturated heterocycles. The lowest BCUT2D eigenvalue weighted by molar-refractivity contribution is -0.139.